The van der Waals surface area contributed by atoms with E-state index in [0.717, 1.165) is 18.7 Å². The van der Waals surface area contributed by atoms with Crippen molar-refractivity contribution in [1.82, 2.24) is 9.55 Å². The molecule has 1 aliphatic heterocycles. The Morgan fingerprint density at radius 1 is 1.64 bits per heavy atom. The van der Waals surface area contributed by atoms with E-state index in [-0.39, 0.29) is 12.1 Å². The van der Waals surface area contributed by atoms with E-state index in [2.05, 4.69) is 11.9 Å². The van der Waals surface area contributed by atoms with Crippen LogP contribution in [0.3, 0.4) is 0 Å². The first-order chi connectivity index (χ1) is 6.83. The van der Waals surface area contributed by atoms with Crippen molar-refractivity contribution < 1.29 is 9.84 Å². The summed E-state index contributed by atoms with van der Waals surface area (Å²) >= 11 is 0. The average molecular weight is 196 g/mol. The van der Waals surface area contributed by atoms with Crippen molar-refractivity contribution in [2.24, 2.45) is 0 Å². The molecule has 0 amide bonds. The second kappa shape index (κ2) is 4.11. The lowest BCUT2D eigenvalue weighted by Gasteiger charge is -2.16. The number of hydrogen-bond acceptors (Lipinski definition) is 3. The summed E-state index contributed by atoms with van der Waals surface area (Å²) in [5, 5.41) is 9.68. The monoisotopic (exact) mass is 196 g/mol. The van der Waals surface area contributed by atoms with Crippen molar-refractivity contribution in [2.45, 2.75) is 31.9 Å². The van der Waals surface area contributed by atoms with Gasteiger partial charge in [0.1, 0.15) is 11.9 Å². The van der Waals surface area contributed by atoms with Crippen LogP contribution in [0.25, 0.3) is 0 Å². The van der Waals surface area contributed by atoms with Crippen LogP contribution in [0.1, 0.15) is 25.2 Å². The van der Waals surface area contributed by atoms with Crippen LogP contribution in [0, 0.1) is 0 Å². The lowest BCUT2D eigenvalue weighted by atomic mass is 10.2. The van der Waals surface area contributed by atoms with Crippen LogP contribution in [0.5, 0.6) is 0 Å². The molecule has 2 unspecified atom stereocenters. The molecule has 1 saturated heterocycles. The summed E-state index contributed by atoms with van der Waals surface area (Å²) in [6.45, 7) is 3.16. The number of aliphatic hydroxyl groups is 1. The van der Waals surface area contributed by atoms with E-state index in [1.54, 1.807) is 6.20 Å². The van der Waals surface area contributed by atoms with Crippen molar-refractivity contribution in [1.29, 1.82) is 0 Å². The average Bonchev–Trinajstić information content (AvgIpc) is 2.74. The number of hydrogen-bond donors (Lipinski definition) is 1. The molecule has 0 saturated carbocycles. The van der Waals surface area contributed by atoms with E-state index in [1.807, 2.05) is 10.8 Å². The van der Waals surface area contributed by atoms with E-state index in [4.69, 9.17) is 4.74 Å². The molecule has 4 heteroatoms. The number of imidazole rings is 1. The lowest BCUT2D eigenvalue weighted by Crippen LogP contribution is -2.23. The highest BCUT2D eigenvalue weighted by atomic mass is 16.5. The van der Waals surface area contributed by atoms with Gasteiger partial charge in [0.2, 0.25) is 0 Å². The predicted octanol–water partition coefficient (Wildman–Crippen LogP) is 0.768. The first kappa shape index (κ1) is 9.68. The minimum absolute atomic E-state index is 0.0547. The summed E-state index contributed by atoms with van der Waals surface area (Å²) in [7, 11) is 0. The van der Waals surface area contributed by atoms with Crippen molar-refractivity contribution in [3.05, 3.63) is 18.2 Å². The SMILES string of the molecule is CCCc1nccn1C1COCC1O. The van der Waals surface area contributed by atoms with Crippen molar-refractivity contribution in [3.63, 3.8) is 0 Å². The highest BCUT2D eigenvalue weighted by Gasteiger charge is 2.28. The summed E-state index contributed by atoms with van der Waals surface area (Å²) in [6.07, 6.45) is 5.35. The maximum atomic E-state index is 9.68. The predicted molar refractivity (Wildman–Crippen MR) is 52.1 cm³/mol. The zero-order valence-electron chi connectivity index (χ0n) is 8.39. The molecule has 0 radical (unpaired) electrons. The fourth-order valence-electron chi connectivity index (χ4n) is 1.86. The zero-order chi connectivity index (χ0) is 9.97. The van der Waals surface area contributed by atoms with Crippen LogP contribution in [-0.2, 0) is 11.2 Å². The zero-order valence-corrected chi connectivity index (χ0v) is 8.39. The molecule has 1 aromatic rings. The molecule has 4 nitrogen and oxygen atoms in total. The van der Waals surface area contributed by atoms with Gasteiger partial charge in [0.05, 0.1) is 19.3 Å². The van der Waals surface area contributed by atoms with Gasteiger partial charge in [-0.2, -0.15) is 0 Å². The third-order valence-corrected chi connectivity index (χ3v) is 2.60. The molecule has 0 aliphatic carbocycles. The van der Waals surface area contributed by atoms with E-state index < -0.39 is 0 Å². The molecule has 1 aliphatic rings. The van der Waals surface area contributed by atoms with Gasteiger partial charge in [0.25, 0.3) is 0 Å². The van der Waals surface area contributed by atoms with Gasteiger partial charge in [-0.25, -0.2) is 4.98 Å². The third-order valence-electron chi connectivity index (χ3n) is 2.60. The second-order valence-corrected chi connectivity index (χ2v) is 3.67. The van der Waals surface area contributed by atoms with Crippen molar-refractivity contribution in [2.75, 3.05) is 13.2 Å². The standard InChI is InChI=1S/C10H16N2O2/c1-2-3-10-11-4-5-12(10)8-6-14-7-9(8)13/h4-5,8-9,13H,2-3,6-7H2,1H3. The Hall–Kier alpha value is -0.870. The van der Waals surface area contributed by atoms with Crippen molar-refractivity contribution in [3.8, 4) is 0 Å². The first-order valence-corrected chi connectivity index (χ1v) is 5.10. The maximum absolute atomic E-state index is 9.68. The molecule has 2 heterocycles. The molecule has 2 rings (SSSR count). The minimum Gasteiger partial charge on any atom is -0.388 e. The number of aromatic nitrogens is 2. The molecular weight excluding hydrogens is 180 g/mol. The van der Waals surface area contributed by atoms with Crippen LogP contribution in [-0.4, -0.2) is 34.0 Å². The molecule has 1 N–H and O–H groups in total. The Bertz CT molecular complexity index is 298. The van der Waals surface area contributed by atoms with Gasteiger partial charge < -0.3 is 14.4 Å². The highest BCUT2D eigenvalue weighted by molar-refractivity contribution is 4.98. The van der Waals surface area contributed by atoms with Crippen LogP contribution in [0.15, 0.2) is 12.4 Å². The number of rotatable bonds is 3. The lowest BCUT2D eigenvalue weighted by molar-refractivity contribution is 0.119. The Kier molecular flexibility index (Phi) is 2.84. The van der Waals surface area contributed by atoms with E-state index in [9.17, 15) is 5.11 Å². The molecule has 2 atom stereocenters. The number of aryl methyl sites for hydroxylation is 1. The van der Waals surface area contributed by atoms with Crippen LogP contribution in [0.4, 0.5) is 0 Å². The van der Waals surface area contributed by atoms with Crippen LogP contribution >= 0.6 is 0 Å². The van der Waals surface area contributed by atoms with Gasteiger partial charge >= 0.3 is 0 Å². The van der Waals surface area contributed by atoms with Crippen LogP contribution in [0.2, 0.25) is 0 Å². The van der Waals surface area contributed by atoms with Gasteiger partial charge in [-0.15, -0.1) is 0 Å². The summed E-state index contributed by atoms with van der Waals surface area (Å²) < 4.78 is 7.27. The summed E-state index contributed by atoms with van der Waals surface area (Å²) in [6, 6.07) is 0.0547. The molecule has 0 bridgehead atoms. The smallest absolute Gasteiger partial charge is 0.109 e. The van der Waals surface area contributed by atoms with Gasteiger partial charge in [0, 0.05) is 18.8 Å². The first-order valence-electron chi connectivity index (χ1n) is 5.10. The molecule has 0 spiro atoms. The normalized spacial score (nSPS) is 27.0. The fraction of sp³-hybridized carbons (Fsp3) is 0.700. The third kappa shape index (κ3) is 1.67. The molecule has 0 aromatic carbocycles. The van der Waals surface area contributed by atoms with Gasteiger partial charge in [-0.05, 0) is 6.42 Å². The molecule has 78 valence electrons. The molecule has 1 aromatic heterocycles. The Balaban J connectivity index is 2.17. The van der Waals surface area contributed by atoms with E-state index in [0.29, 0.717) is 13.2 Å². The Morgan fingerprint density at radius 2 is 2.50 bits per heavy atom. The fourth-order valence-corrected chi connectivity index (χ4v) is 1.86. The Labute approximate surface area is 83.5 Å². The van der Waals surface area contributed by atoms with Crippen molar-refractivity contribution >= 4 is 0 Å². The van der Waals surface area contributed by atoms with Gasteiger partial charge in [-0.1, -0.05) is 6.92 Å². The quantitative estimate of drug-likeness (QED) is 0.776. The van der Waals surface area contributed by atoms with Gasteiger partial charge in [0.15, 0.2) is 0 Å². The molecule has 1 fully saturated rings. The molecule has 14 heavy (non-hydrogen) atoms. The minimum atomic E-state index is -0.389. The Morgan fingerprint density at radius 3 is 3.14 bits per heavy atom. The summed E-state index contributed by atoms with van der Waals surface area (Å²) in [4.78, 5) is 4.28. The second-order valence-electron chi connectivity index (χ2n) is 3.67. The van der Waals surface area contributed by atoms with E-state index in [1.165, 1.54) is 0 Å². The van der Waals surface area contributed by atoms with E-state index >= 15 is 0 Å². The summed E-state index contributed by atoms with van der Waals surface area (Å²) in [5.74, 6) is 1.04. The maximum Gasteiger partial charge on any atom is 0.109 e. The number of ether oxygens (including phenoxy) is 1. The number of aliphatic hydroxyl groups excluding tert-OH is 1. The topological polar surface area (TPSA) is 47.3 Å². The number of nitrogens with zero attached hydrogens (tertiary/aromatic N) is 2. The molecular formula is C10H16N2O2. The highest BCUT2D eigenvalue weighted by Crippen LogP contribution is 2.21. The van der Waals surface area contributed by atoms with Crippen LogP contribution < -0.4 is 0 Å². The van der Waals surface area contributed by atoms with Gasteiger partial charge in [-0.3, -0.25) is 0 Å². The largest absolute Gasteiger partial charge is 0.388 e. The summed E-state index contributed by atoms with van der Waals surface area (Å²) in [5.41, 5.74) is 0.